The van der Waals surface area contributed by atoms with Gasteiger partial charge in [0.05, 0.1) is 23.7 Å². The van der Waals surface area contributed by atoms with Crippen LogP contribution in [-0.2, 0) is 9.47 Å². The minimum Gasteiger partial charge on any atom is -0.347 e. The van der Waals surface area contributed by atoms with Gasteiger partial charge in [-0.1, -0.05) is 24.3 Å². The fraction of sp³-hybridized carbons (Fsp3) is 0.500. The van der Waals surface area contributed by atoms with Gasteiger partial charge in [-0.2, -0.15) is 0 Å². The summed E-state index contributed by atoms with van der Waals surface area (Å²) in [5, 5.41) is 11.1. The predicted molar refractivity (Wildman–Crippen MR) is 75.5 cm³/mol. The molecular formula is C16H17NO4. The normalized spacial score (nSPS) is 37.2. The molecule has 0 aromatic heterocycles. The van der Waals surface area contributed by atoms with Crippen LogP contribution in [0.25, 0.3) is 0 Å². The smallest absolute Gasteiger partial charge is 0.277 e. The minimum atomic E-state index is -0.625. The van der Waals surface area contributed by atoms with Crippen molar-refractivity contribution in [2.24, 2.45) is 17.3 Å². The summed E-state index contributed by atoms with van der Waals surface area (Å²) in [6.07, 6.45) is 6.26. The van der Waals surface area contributed by atoms with E-state index in [0.717, 1.165) is 6.42 Å². The van der Waals surface area contributed by atoms with E-state index in [4.69, 9.17) is 9.47 Å². The molecule has 21 heavy (non-hydrogen) atoms. The van der Waals surface area contributed by atoms with Crippen molar-refractivity contribution < 1.29 is 14.4 Å². The molecule has 1 saturated carbocycles. The highest BCUT2D eigenvalue weighted by Gasteiger charge is 2.51. The van der Waals surface area contributed by atoms with Gasteiger partial charge in [0, 0.05) is 11.5 Å². The van der Waals surface area contributed by atoms with Crippen LogP contribution in [0.5, 0.6) is 0 Å². The first-order valence-corrected chi connectivity index (χ1v) is 7.33. The Bertz CT molecular complexity index is 604. The van der Waals surface area contributed by atoms with Gasteiger partial charge in [-0.25, -0.2) is 0 Å². The number of hydrogen-bond donors (Lipinski definition) is 0. The van der Waals surface area contributed by atoms with Crippen LogP contribution in [0.4, 0.5) is 5.69 Å². The van der Waals surface area contributed by atoms with Crippen molar-refractivity contribution in [3.8, 4) is 0 Å². The average molecular weight is 287 g/mol. The Morgan fingerprint density at radius 2 is 1.95 bits per heavy atom. The highest BCUT2D eigenvalue weighted by Crippen LogP contribution is 2.54. The molecule has 4 rings (SSSR count). The van der Waals surface area contributed by atoms with Crippen molar-refractivity contribution in [2.75, 3.05) is 13.2 Å². The molecular weight excluding hydrogens is 270 g/mol. The molecule has 0 amide bonds. The summed E-state index contributed by atoms with van der Waals surface area (Å²) in [5.41, 5.74) is 0.654. The lowest BCUT2D eigenvalue weighted by Crippen LogP contribution is -2.41. The lowest BCUT2D eigenvalue weighted by molar-refractivity contribution is -0.388. The van der Waals surface area contributed by atoms with Gasteiger partial charge in [-0.05, 0) is 30.7 Å². The third-order valence-corrected chi connectivity index (χ3v) is 5.06. The second-order valence-electron chi connectivity index (χ2n) is 6.32. The maximum Gasteiger partial charge on any atom is 0.277 e. The molecule has 2 bridgehead atoms. The molecule has 2 fully saturated rings. The Hall–Kier alpha value is -1.72. The molecule has 1 heterocycles. The van der Waals surface area contributed by atoms with Crippen molar-refractivity contribution in [1.29, 1.82) is 0 Å². The lowest BCUT2D eigenvalue weighted by atomic mass is 9.76. The molecule has 1 saturated heterocycles. The van der Waals surface area contributed by atoms with E-state index in [-0.39, 0.29) is 16.0 Å². The molecule has 0 radical (unpaired) electrons. The van der Waals surface area contributed by atoms with Gasteiger partial charge in [0.1, 0.15) is 0 Å². The summed E-state index contributed by atoms with van der Waals surface area (Å²) in [5.74, 6) is 1.19. The summed E-state index contributed by atoms with van der Waals surface area (Å²) < 4.78 is 11.8. The van der Waals surface area contributed by atoms with Gasteiger partial charge in [-0.15, -0.1) is 0 Å². The van der Waals surface area contributed by atoms with Gasteiger partial charge in [-0.3, -0.25) is 10.1 Å². The Morgan fingerprint density at radius 1 is 1.19 bits per heavy atom. The van der Waals surface area contributed by atoms with Crippen LogP contribution < -0.4 is 0 Å². The molecule has 110 valence electrons. The maximum atomic E-state index is 11.1. The molecule has 1 aromatic carbocycles. The third kappa shape index (κ3) is 2.00. The zero-order valence-corrected chi connectivity index (χ0v) is 11.6. The van der Waals surface area contributed by atoms with Crippen molar-refractivity contribution in [3.05, 3.63) is 52.1 Å². The Kier molecular flexibility index (Phi) is 2.87. The van der Waals surface area contributed by atoms with E-state index < -0.39 is 6.29 Å². The Morgan fingerprint density at radius 3 is 2.57 bits per heavy atom. The molecule has 1 aromatic rings. The SMILES string of the molecule is O=[N+]([O-])c1ccccc1C1OCC2(CO1)CC1C=CC2C1. The highest BCUT2D eigenvalue weighted by atomic mass is 16.7. The minimum absolute atomic E-state index is 0.0614. The summed E-state index contributed by atoms with van der Waals surface area (Å²) in [6.45, 7) is 1.24. The number of benzene rings is 1. The number of nitro benzene ring substituents is 1. The van der Waals surface area contributed by atoms with Gasteiger partial charge in [0.25, 0.3) is 5.69 Å². The van der Waals surface area contributed by atoms with Crippen LogP contribution in [0.15, 0.2) is 36.4 Å². The summed E-state index contributed by atoms with van der Waals surface area (Å²) in [6, 6.07) is 6.64. The largest absolute Gasteiger partial charge is 0.347 e. The lowest BCUT2D eigenvalue weighted by Gasteiger charge is -2.41. The summed E-state index contributed by atoms with van der Waals surface area (Å²) in [4.78, 5) is 10.7. The molecule has 1 aliphatic heterocycles. The number of rotatable bonds is 2. The molecule has 5 nitrogen and oxygen atoms in total. The van der Waals surface area contributed by atoms with Crippen LogP contribution in [0, 0.1) is 27.4 Å². The molecule has 0 N–H and O–H groups in total. The molecule has 2 unspecified atom stereocenters. The standard InChI is InChI=1S/C16H17NO4/c18-17(19)14-4-2-1-3-13(14)15-20-9-16(10-21-15)8-11-5-6-12(16)7-11/h1-6,11-12,15H,7-10H2. The number of ether oxygens (including phenoxy) is 2. The van der Waals surface area contributed by atoms with Gasteiger partial charge >= 0.3 is 0 Å². The highest BCUT2D eigenvalue weighted by molar-refractivity contribution is 5.40. The van der Waals surface area contributed by atoms with Crippen LogP contribution in [0.3, 0.4) is 0 Å². The second-order valence-corrected chi connectivity index (χ2v) is 6.32. The first-order chi connectivity index (χ1) is 10.2. The van der Waals surface area contributed by atoms with Crippen LogP contribution in [-0.4, -0.2) is 18.1 Å². The van der Waals surface area contributed by atoms with Crippen LogP contribution in [0.1, 0.15) is 24.7 Å². The molecule has 5 heteroatoms. The summed E-state index contributed by atoms with van der Waals surface area (Å²) in [7, 11) is 0. The van der Waals surface area contributed by atoms with E-state index >= 15 is 0 Å². The fourth-order valence-electron chi connectivity index (χ4n) is 3.99. The third-order valence-electron chi connectivity index (χ3n) is 5.06. The zero-order chi connectivity index (χ0) is 14.4. The van der Waals surface area contributed by atoms with E-state index in [1.54, 1.807) is 18.2 Å². The van der Waals surface area contributed by atoms with Crippen LogP contribution >= 0.6 is 0 Å². The van der Waals surface area contributed by atoms with Crippen molar-refractivity contribution in [3.63, 3.8) is 0 Å². The van der Waals surface area contributed by atoms with E-state index in [2.05, 4.69) is 12.2 Å². The molecule has 1 spiro atoms. The van der Waals surface area contributed by atoms with Crippen LogP contribution in [0.2, 0.25) is 0 Å². The molecule has 2 atom stereocenters. The molecule has 2 aliphatic carbocycles. The monoisotopic (exact) mass is 287 g/mol. The fourth-order valence-corrected chi connectivity index (χ4v) is 3.99. The van der Waals surface area contributed by atoms with Gasteiger partial charge < -0.3 is 9.47 Å². The number of nitrogens with zero attached hydrogens (tertiary/aromatic N) is 1. The van der Waals surface area contributed by atoms with Crippen molar-refractivity contribution in [1.82, 2.24) is 0 Å². The maximum absolute atomic E-state index is 11.1. The van der Waals surface area contributed by atoms with Gasteiger partial charge in [0.15, 0.2) is 6.29 Å². The summed E-state index contributed by atoms with van der Waals surface area (Å²) >= 11 is 0. The quantitative estimate of drug-likeness (QED) is 0.476. The number of hydrogen-bond acceptors (Lipinski definition) is 4. The number of para-hydroxylation sites is 1. The first-order valence-electron chi connectivity index (χ1n) is 7.33. The number of nitro groups is 1. The second kappa shape index (κ2) is 4.64. The predicted octanol–water partition coefficient (Wildman–Crippen LogP) is 3.22. The van der Waals surface area contributed by atoms with E-state index in [0.29, 0.717) is 30.6 Å². The molecule has 3 aliphatic rings. The van der Waals surface area contributed by atoms with Gasteiger partial charge in [0.2, 0.25) is 0 Å². The van der Waals surface area contributed by atoms with Crippen molar-refractivity contribution in [2.45, 2.75) is 19.1 Å². The number of fused-ring (bicyclic) bond motifs is 3. The first kappa shape index (κ1) is 13.0. The van der Waals surface area contributed by atoms with Crippen molar-refractivity contribution >= 4 is 5.69 Å². The average Bonchev–Trinajstić information content (AvgIpc) is 3.09. The zero-order valence-electron chi connectivity index (χ0n) is 11.6. The Labute approximate surface area is 122 Å². The van der Waals surface area contributed by atoms with E-state index in [9.17, 15) is 10.1 Å². The van der Waals surface area contributed by atoms with E-state index in [1.807, 2.05) is 0 Å². The van der Waals surface area contributed by atoms with E-state index in [1.165, 1.54) is 12.5 Å². The topological polar surface area (TPSA) is 61.6 Å². The Balaban J connectivity index is 1.54. The number of allylic oxidation sites excluding steroid dienone is 2.